The Labute approximate surface area is 109 Å². The molecule has 0 radical (unpaired) electrons. The minimum atomic E-state index is 0.256. The topological polar surface area (TPSA) is 46.3 Å². The Morgan fingerprint density at radius 2 is 2.06 bits per heavy atom. The molecule has 1 amide bonds. The third-order valence-corrected chi connectivity index (χ3v) is 3.75. The number of amides is 1. The van der Waals surface area contributed by atoms with E-state index in [0.717, 1.165) is 37.1 Å². The molecular weight excluding hydrogens is 224 g/mol. The molecular formula is C15H22N2O. The average Bonchev–Trinajstić information content (AvgIpc) is 2.41. The van der Waals surface area contributed by atoms with E-state index >= 15 is 0 Å². The Morgan fingerprint density at radius 3 is 2.72 bits per heavy atom. The van der Waals surface area contributed by atoms with Gasteiger partial charge in [0.05, 0.1) is 6.42 Å². The molecule has 1 fully saturated rings. The maximum absolute atomic E-state index is 12.3. The van der Waals surface area contributed by atoms with Gasteiger partial charge in [-0.25, -0.2) is 0 Å². The van der Waals surface area contributed by atoms with Gasteiger partial charge in [0, 0.05) is 18.3 Å². The number of hydrogen-bond donors (Lipinski definition) is 1. The molecule has 0 spiro atoms. The van der Waals surface area contributed by atoms with Crippen LogP contribution in [0.15, 0.2) is 24.3 Å². The second kappa shape index (κ2) is 5.89. The summed E-state index contributed by atoms with van der Waals surface area (Å²) in [7, 11) is 0. The molecule has 1 atom stereocenters. The maximum Gasteiger partial charge on any atom is 0.227 e. The number of anilines is 1. The second-order valence-electron chi connectivity index (χ2n) is 5.06. The summed E-state index contributed by atoms with van der Waals surface area (Å²) in [6.45, 7) is 3.09. The van der Waals surface area contributed by atoms with Crippen molar-refractivity contribution in [1.29, 1.82) is 0 Å². The first-order valence-corrected chi connectivity index (χ1v) is 6.84. The second-order valence-corrected chi connectivity index (χ2v) is 5.06. The molecule has 1 aliphatic heterocycles. The van der Waals surface area contributed by atoms with Gasteiger partial charge < -0.3 is 10.6 Å². The summed E-state index contributed by atoms with van der Waals surface area (Å²) < 4.78 is 0. The highest BCUT2D eigenvalue weighted by molar-refractivity contribution is 5.79. The van der Waals surface area contributed by atoms with Crippen molar-refractivity contribution in [3.05, 3.63) is 29.8 Å². The zero-order valence-electron chi connectivity index (χ0n) is 11.1. The van der Waals surface area contributed by atoms with E-state index in [1.807, 2.05) is 24.3 Å². The van der Waals surface area contributed by atoms with Crippen LogP contribution in [0.1, 0.15) is 38.2 Å². The Balaban J connectivity index is 2.00. The van der Waals surface area contributed by atoms with Crippen LogP contribution in [-0.2, 0) is 11.2 Å². The van der Waals surface area contributed by atoms with Gasteiger partial charge >= 0.3 is 0 Å². The molecule has 98 valence electrons. The number of rotatable bonds is 3. The largest absolute Gasteiger partial charge is 0.399 e. The number of piperidine rings is 1. The van der Waals surface area contributed by atoms with Crippen LogP contribution in [0.2, 0.25) is 0 Å². The Bertz CT molecular complexity index is 399. The molecule has 2 rings (SSSR count). The van der Waals surface area contributed by atoms with E-state index < -0.39 is 0 Å². The van der Waals surface area contributed by atoms with E-state index in [4.69, 9.17) is 5.73 Å². The zero-order chi connectivity index (χ0) is 13.0. The molecule has 1 heterocycles. The average molecular weight is 246 g/mol. The van der Waals surface area contributed by atoms with Crippen molar-refractivity contribution < 1.29 is 4.79 Å². The fraction of sp³-hybridized carbons (Fsp3) is 0.533. The zero-order valence-corrected chi connectivity index (χ0v) is 11.1. The summed E-state index contributed by atoms with van der Waals surface area (Å²) in [5.41, 5.74) is 7.45. The van der Waals surface area contributed by atoms with Crippen molar-refractivity contribution in [3.8, 4) is 0 Å². The Kier molecular flexibility index (Phi) is 4.24. The van der Waals surface area contributed by atoms with Crippen molar-refractivity contribution in [2.45, 2.75) is 45.1 Å². The van der Waals surface area contributed by atoms with Gasteiger partial charge in [-0.05, 0) is 43.4 Å². The van der Waals surface area contributed by atoms with Crippen LogP contribution in [-0.4, -0.2) is 23.4 Å². The molecule has 3 heteroatoms. The minimum absolute atomic E-state index is 0.256. The van der Waals surface area contributed by atoms with Crippen LogP contribution in [0.25, 0.3) is 0 Å². The first-order chi connectivity index (χ1) is 8.70. The fourth-order valence-corrected chi connectivity index (χ4v) is 2.67. The van der Waals surface area contributed by atoms with Crippen molar-refractivity contribution in [1.82, 2.24) is 4.90 Å². The van der Waals surface area contributed by atoms with Crippen molar-refractivity contribution >= 4 is 11.6 Å². The summed E-state index contributed by atoms with van der Waals surface area (Å²) in [4.78, 5) is 14.4. The molecule has 1 aliphatic rings. The Morgan fingerprint density at radius 1 is 1.33 bits per heavy atom. The molecule has 0 saturated carbocycles. The lowest BCUT2D eigenvalue weighted by molar-refractivity contribution is -0.134. The number of likely N-dealkylation sites (tertiary alicyclic amines) is 1. The van der Waals surface area contributed by atoms with Gasteiger partial charge in [0.2, 0.25) is 5.91 Å². The first kappa shape index (κ1) is 12.9. The van der Waals surface area contributed by atoms with Crippen LogP contribution in [0, 0.1) is 0 Å². The molecule has 0 bridgehead atoms. The summed E-state index contributed by atoms with van der Waals surface area (Å²) in [6.07, 6.45) is 5.11. The van der Waals surface area contributed by atoms with Gasteiger partial charge in [0.15, 0.2) is 0 Å². The molecule has 18 heavy (non-hydrogen) atoms. The summed E-state index contributed by atoms with van der Waals surface area (Å²) >= 11 is 0. The van der Waals surface area contributed by atoms with E-state index in [9.17, 15) is 4.79 Å². The third kappa shape index (κ3) is 3.03. The van der Waals surface area contributed by atoms with Crippen molar-refractivity contribution in [2.24, 2.45) is 0 Å². The van der Waals surface area contributed by atoms with Gasteiger partial charge in [-0.1, -0.05) is 19.1 Å². The molecule has 1 saturated heterocycles. The van der Waals surface area contributed by atoms with Crippen LogP contribution in [0.4, 0.5) is 5.69 Å². The lowest BCUT2D eigenvalue weighted by Gasteiger charge is -2.35. The van der Waals surface area contributed by atoms with E-state index in [1.54, 1.807) is 0 Å². The molecule has 3 nitrogen and oxygen atoms in total. The van der Waals surface area contributed by atoms with E-state index in [2.05, 4.69) is 11.8 Å². The lowest BCUT2D eigenvalue weighted by atomic mass is 9.99. The normalized spacial score (nSPS) is 19.8. The quantitative estimate of drug-likeness (QED) is 0.833. The smallest absolute Gasteiger partial charge is 0.227 e. The number of nitrogens with two attached hydrogens (primary N) is 1. The Hall–Kier alpha value is -1.51. The van der Waals surface area contributed by atoms with Crippen LogP contribution in [0.5, 0.6) is 0 Å². The standard InChI is InChI=1S/C15H22N2O/c1-2-14-5-3-4-10-17(14)15(18)11-12-6-8-13(16)9-7-12/h6-9,14H,2-5,10-11,16H2,1H3. The van der Waals surface area contributed by atoms with Gasteiger partial charge in [-0.3, -0.25) is 4.79 Å². The van der Waals surface area contributed by atoms with Gasteiger partial charge in [0.1, 0.15) is 0 Å². The van der Waals surface area contributed by atoms with E-state index in [0.29, 0.717) is 12.5 Å². The van der Waals surface area contributed by atoms with Gasteiger partial charge in [0.25, 0.3) is 0 Å². The highest BCUT2D eigenvalue weighted by Crippen LogP contribution is 2.20. The summed E-state index contributed by atoms with van der Waals surface area (Å²) in [5.74, 6) is 0.256. The van der Waals surface area contributed by atoms with E-state index in [1.165, 1.54) is 6.42 Å². The molecule has 2 N–H and O–H groups in total. The number of benzene rings is 1. The molecule has 1 aromatic rings. The first-order valence-electron chi connectivity index (χ1n) is 6.84. The molecule has 1 unspecified atom stereocenters. The predicted molar refractivity (Wildman–Crippen MR) is 74.2 cm³/mol. The van der Waals surface area contributed by atoms with Crippen LogP contribution >= 0.6 is 0 Å². The minimum Gasteiger partial charge on any atom is -0.399 e. The molecule has 1 aromatic carbocycles. The van der Waals surface area contributed by atoms with Gasteiger partial charge in [-0.15, -0.1) is 0 Å². The lowest BCUT2D eigenvalue weighted by Crippen LogP contribution is -2.44. The van der Waals surface area contributed by atoms with Crippen molar-refractivity contribution in [2.75, 3.05) is 12.3 Å². The van der Waals surface area contributed by atoms with Crippen LogP contribution in [0.3, 0.4) is 0 Å². The monoisotopic (exact) mass is 246 g/mol. The number of hydrogen-bond acceptors (Lipinski definition) is 2. The predicted octanol–water partition coefficient (Wildman–Crippen LogP) is 2.60. The highest BCUT2D eigenvalue weighted by atomic mass is 16.2. The van der Waals surface area contributed by atoms with Gasteiger partial charge in [-0.2, -0.15) is 0 Å². The number of nitrogen functional groups attached to an aromatic ring is 1. The third-order valence-electron chi connectivity index (χ3n) is 3.75. The summed E-state index contributed by atoms with van der Waals surface area (Å²) in [6, 6.07) is 8.04. The highest BCUT2D eigenvalue weighted by Gasteiger charge is 2.24. The molecule has 0 aromatic heterocycles. The number of nitrogens with zero attached hydrogens (tertiary/aromatic N) is 1. The maximum atomic E-state index is 12.3. The van der Waals surface area contributed by atoms with Crippen LogP contribution < -0.4 is 5.73 Å². The summed E-state index contributed by atoms with van der Waals surface area (Å²) in [5, 5.41) is 0. The fourth-order valence-electron chi connectivity index (χ4n) is 2.67. The molecule has 0 aliphatic carbocycles. The number of carbonyl (C=O) groups is 1. The van der Waals surface area contributed by atoms with Crippen molar-refractivity contribution in [3.63, 3.8) is 0 Å². The SMILES string of the molecule is CCC1CCCCN1C(=O)Cc1ccc(N)cc1. The van der Waals surface area contributed by atoms with E-state index in [-0.39, 0.29) is 5.91 Å². The number of carbonyl (C=O) groups excluding carboxylic acids is 1.